The third kappa shape index (κ3) is 4.14. The highest BCUT2D eigenvalue weighted by molar-refractivity contribution is 5.80. The van der Waals surface area contributed by atoms with Crippen LogP contribution >= 0.6 is 0 Å². The van der Waals surface area contributed by atoms with Crippen LogP contribution in [0.2, 0.25) is 0 Å². The van der Waals surface area contributed by atoms with Crippen LogP contribution in [0.3, 0.4) is 0 Å². The van der Waals surface area contributed by atoms with E-state index in [-0.39, 0.29) is 12.3 Å². The Bertz CT molecular complexity index is 969. The van der Waals surface area contributed by atoms with Crippen LogP contribution in [0.15, 0.2) is 41.6 Å². The maximum Gasteiger partial charge on any atom is 0.243 e. The Labute approximate surface area is 161 Å². The number of hydrazone groups is 1. The van der Waals surface area contributed by atoms with Gasteiger partial charge in [-0.1, -0.05) is 12.2 Å². The molecule has 1 aliphatic rings. The van der Waals surface area contributed by atoms with Gasteiger partial charge in [0.05, 0.1) is 18.8 Å². The van der Waals surface area contributed by atoms with Crippen molar-refractivity contribution in [2.24, 2.45) is 5.10 Å². The summed E-state index contributed by atoms with van der Waals surface area (Å²) in [5.74, 6) is -1.64. The molecule has 0 bridgehead atoms. The van der Waals surface area contributed by atoms with Crippen LogP contribution in [0.1, 0.15) is 42.1 Å². The molecular weight excluding hydrogens is 364 g/mol. The monoisotopic (exact) mass is 383 g/mol. The number of carbonyl (C=O) groups is 1. The molecule has 28 heavy (non-hydrogen) atoms. The van der Waals surface area contributed by atoms with Crippen LogP contribution in [-0.4, -0.2) is 26.9 Å². The number of amides is 1. The maximum absolute atomic E-state index is 13.5. The third-order valence-electron chi connectivity index (χ3n) is 4.55. The predicted molar refractivity (Wildman–Crippen MR) is 99.1 cm³/mol. The van der Waals surface area contributed by atoms with Gasteiger partial charge in [-0.3, -0.25) is 9.48 Å². The maximum atomic E-state index is 13.5. The zero-order chi connectivity index (χ0) is 20.3. The van der Waals surface area contributed by atoms with Crippen molar-refractivity contribution in [1.82, 2.24) is 14.8 Å². The number of hydrogen-bond acceptors (Lipinski definition) is 4. The van der Waals surface area contributed by atoms with Gasteiger partial charge < -0.3 is 0 Å². The lowest BCUT2D eigenvalue weighted by atomic mass is 10.0. The third-order valence-corrected chi connectivity index (χ3v) is 4.55. The Kier molecular flexibility index (Phi) is 5.64. The van der Waals surface area contributed by atoms with Crippen LogP contribution in [0, 0.1) is 29.9 Å². The summed E-state index contributed by atoms with van der Waals surface area (Å²) in [6.45, 7) is 6.09. The van der Waals surface area contributed by atoms with E-state index in [0.717, 1.165) is 17.2 Å². The number of allylic oxidation sites excluding steroid dienone is 1. The number of benzene rings is 1. The van der Waals surface area contributed by atoms with Crippen molar-refractivity contribution in [2.45, 2.75) is 38.8 Å². The first-order valence-electron chi connectivity index (χ1n) is 8.78. The molecule has 6 nitrogen and oxygen atoms in total. The second kappa shape index (κ2) is 8.13. The molecular formula is C20H19F2N5O. The van der Waals surface area contributed by atoms with Gasteiger partial charge in [0.1, 0.15) is 23.4 Å². The van der Waals surface area contributed by atoms with E-state index in [9.17, 15) is 13.6 Å². The van der Waals surface area contributed by atoms with Crippen molar-refractivity contribution in [3.8, 4) is 6.07 Å². The SMILES string of the molecule is C=C(CCC(=O)N1N=CCC1c1cc(F)cc(F)c1)Cn1ncc(C)c1C#N. The molecule has 1 aromatic heterocycles. The van der Waals surface area contributed by atoms with Crippen LogP contribution in [0.5, 0.6) is 0 Å². The van der Waals surface area contributed by atoms with Gasteiger partial charge in [0.15, 0.2) is 0 Å². The van der Waals surface area contributed by atoms with Crippen LogP contribution < -0.4 is 0 Å². The molecule has 1 aromatic carbocycles. The molecule has 0 radical (unpaired) electrons. The zero-order valence-electron chi connectivity index (χ0n) is 15.4. The lowest BCUT2D eigenvalue weighted by Gasteiger charge is -2.22. The van der Waals surface area contributed by atoms with E-state index in [1.807, 2.05) is 0 Å². The highest BCUT2D eigenvalue weighted by atomic mass is 19.1. The Balaban J connectivity index is 1.61. The molecule has 1 aliphatic heterocycles. The van der Waals surface area contributed by atoms with E-state index >= 15 is 0 Å². The number of hydrogen-bond donors (Lipinski definition) is 0. The molecule has 0 aliphatic carbocycles. The average Bonchev–Trinajstić information content (AvgIpc) is 3.26. The van der Waals surface area contributed by atoms with Gasteiger partial charge in [0.25, 0.3) is 0 Å². The van der Waals surface area contributed by atoms with Gasteiger partial charge in [-0.05, 0) is 31.0 Å². The minimum atomic E-state index is -0.689. The summed E-state index contributed by atoms with van der Waals surface area (Å²) in [6.07, 6.45) is 4.10. The summed E-state index contributed by atoms with van der Waals surface area (Å²) in [6, 6.07) is 4.79. The van der Waals surface area contributed by atoms with Gasteiger partial charge in [0.2, 0.25) is 5.91 Å². The van der Waals surface area contributed by atoms with Crippen LogP contribution in [-0.2, 0) is 11.3 Å². The molecule has 0 N–H and O–H groups in total. The lowest BCUT2D eigenvalue weighted by Crippen LogP contribution is -2.27. The smallest absolute Gasteiger partial charge is 0.243 e. The minimum absolute atomic E-state index is 0.145. The topological polar surface area (TPSA) is 74.3 Å². The fourth-order valence-electron chi connectivity index (χ4n) is 3.13. The Morgan fingerprint density at radius 3 is 2.71 bits per heavy atom. The standard InChI is InChI=1S/C20H19F2N5O/c1-13(12-26-19(10-23)14(2)11-25-26)3-4-20(28)27-18(5-6-24-27)15-7-16(21)9-17(22)8-15/h6-9,11,18H,1,3-5,12H2,2H3. The summed E-state index contributed by atoms with van der Waals surface area (Å²) in [7, 11) is 0. The van der Waals surface area contributed by atoms with Gasteiger partial charge in [0, 0.05) is 30.7 Å². The second-order valence-corrected chi connectivity index (χ2v) is 6.69. The highest BCUT2D eigenvalue weighted by Crippen LogP contribution is 2.30. The number of aromatic nitrogens is 2. The summed E-state index contributed by atoms with van der Waals surface area (Å²) in [4.78, 5) is 12.6. The summed E-state index contributed by atoms with van der Waals surface area (Å²) < 4.78 is 28.6. The lowest BCUT2D eigenvalue weighted by molar-refractivity contribution is -0.133. The number of rotatable bonds is 6. The normalized spacial score (nSPS) is 15.6. The zero-order valence-corrected chi connectivity index (χ0v) is 15.4. The summed E-state index contributed by atoms with van der Waals surface area (Å²) >= 11 is 0. The summed E-state index contributed by atoms with van der Waals surface area (Å²) in [5.41, 5.74) is 2.35. The first-order chi connectivity index (χ1) is 13.4. The average molecular weight is 383 g/mol. The number of nitrogens with zero attached hydrogens (tertiary/aromatic N) is 5. The number of aryl methyl sites for hydroxylation is 1. The van der Waals surface area contributed by atoms with Crippen molar-refractivity contribution in [3.63, 3.8) is 0 Å². The quantitative estimate of drug-likeness (QED) is 0.715. The molecule has 0 saturated heterocycles. The number of carbonyl (C=O) groups excluding carboxylic acids is 1. The molecule has 1 amide bonds. The fourth-order valence-corrected chi connectivity index (χ4v) is 3.13. The van der Waals surface area contributed by atoms with Crippen molar-refractivity contribution in [1.29, 1.82) is 5.26 Å². The molecule has 2 aromatic rings. The Morgan fingerprint density at radius 1 is 1.32 bits per heavy atom. The molecule has 1 atom stereocenters. The minimum Gasteiger partial charge on any atom is -0.273 e. The first kappa shape index (κ1) is 19.4. The van der Waals surface area contributed by atoms with Crippen molar-refractivity contribution in [2.75, 3.05) is 0 Å². The van der Waals surface area contributed by atoms with Gasteiger partial charge in [-0.2, -0.15) is 15.5 Å². The fraction of sp³-hybridized carbons (Fsp3) is 0.300. The molecule has 0 fully saturated rings. The number of nitriles is 1. The predicted octanol–water partition coefficient (Wildman–Crippen LogP) is 3.64. The second-order valence-electron chi connectivity index (χ2n) is 6.69. The molecule has 3 rings (SSSR count). The van der Waals surface area contributed by atoms with Gasteiger partial charge in [-0.25, -0.2) is 13.8 Å². The molecule has 1 unspecified atom stereocenters. The largest absolute Gasteiger partial charge is 0.273 e. The molecule has 0 saturated carbocycles. The van der Waals surface area contributed by atoms with Crippen molar-refractivity contribution in [3.05, 3.63) is 65.0 Å². The Morgan fingerprint density at radius 2 is 2.04 bits per heavy atom. The van der Waals surface area contributed by atoms with Gasteiger partial charge >= 0.3 is 0 Å². The molecule has 2 heterocycles. The molecule has 144 valence electrons. The van der Waals surface area contributed by atoms with E-state index in [2.05, 4.69) is 22.8 Å². The van der Waals surface area contributed by atoms with Crippen LogP contribution in [0.25, 0.3) is 0 Å². The van der Waals surface area contributed by atoms with E-state index in [1.54, 1.807) is 24.0 Å². The van der Waals surface area contributed by atoms with E-state index in [1.165, 1.54) is 17.1 Å². The molecule has 0 spiro atoms. The summed E-state index contributed by atoms with van der Waals surface area (Å²) in [5, 5.41) is 18.6. The van der Waals surface area contributed by atoms with Crippen LogP contribution in [0.4, 0.5) is 8.78 Å². The van der Waals surface area contributed by atoms with Crippen molar-refractivity contribution >= 4 is 12.1 Å². The van der Waals surface area contributed by atoms with E-state index in [0.29, 0.717) is 30.6 Å². The Hall–Kier alpha value is -3.34. The number of halogens is 2. The highest BCUT2D eigenvalue weighted by Gasteiger charge is 2.28. The van der Waals surface area contributed by atoms with E-state index in [4.69, 9.17) is 5.26 Å². The van der Waals surface area contributed by atoms with Crippen molar-refractivity contribution < 1.29 is 13.6 Å². The first-order valence-corrected chi connectivity index (χ1v) is 8.78. The van der Waals surface area contributed by atoms with Gasteiger partial charge in [-0.15, -0.1) is 0 Å². The molecule has 8 heteroatoms. The van der Waals surface area contributed by atoms with E-state index < -0.39 is 17.7 Å².